The summed E-state index contributed by atoms with van der Waals surface area (Å²) >= 11 is 0. The Morgan fingerprint density at radius 1 is 0.861 bits per heavy atom. The van der Waals surface area contributed by atoms with Gasteiger partial charge in [-0.1, -0.05) is 62.7 Å². The van der Waals surface area contributed by atoms with Crippen LogP contribution in [0.15, 0.2) is 75.9 Å². The molecular weight excluding hydrogens is 467 g/mol. The molecule has 5 rings (SSSR count). The normalized spacial score (nSPS) is 16.0. The third-order valence-corrected chi connectivity index (χ3v) is 6.57. The van der Waals surface area contributed by atoms with Gasteiger partial charge in [-0.2, -0.15) is 13.2 Å². The molecule has 1 aliphatic rings. The van der Waals surface area contributed by atoms with Crippen molar-refractivity contribution in [2.24, 2.45) is 0 Å². The maximum Gasteiger partial charge on any atom is 0.416 e. The fourth-order valence-electron chi connectivity index (χ4n) is 4.67. The summed E-state index contributed by atoms with van der Waals surface area (Å²) in [6.45, 7) is 8.03. The molecule has 4 nitrogen and oxygen atoms in total. The van der Waals surface area contributed by atoms with E-state index < -0.39 is 23.7 Å². The van der Waals surface area contributed by atoms with E-state index in [0.717, 1.165) is 23.3 Å². The maximum atomic E-state index is 13.7. The number of carbonyl (C=O) groups is 1. The van der Waals surface area contributed by atoms with E-state index >= 15 is 0 Å². The van der Waals surface area contributed by atoms with Crippen LogP contribution in [0.4, 0.5) is 18.9 Å². The molecule has 36 heavy (non-hydrogen) atoms. The highest BCUT2D eigenvalue weighted by Crippen LogP contribution is 2.43. The molecule has 0 fully saturated rings. The molecule has 1 aliphatic heterocycles. The second-order valence-electron chi connectivity index (χ2n) is 10.2. The molecule has 184 valence electrons. The largest absolute Gasteiger partial charge is 0.450 e. The summed E-state index contributed by atoms with van der Waals surface area (Å²) in [4.78, 5) is 28.6. The minimum absolute atomic E-state index is 0.0331. The number of benzene rings is 3. The van der Waals surface area contributed by atoms with Crippen molar-refractivity contribution in [3.05, 3.63) is 111 Å². The van der Waals surface area contributed by atoms with Gasteiger partial charge in [0.2, 0.25) is 5.76 Å². The van der Waals surface area contributed by atoms with Crippen LogP contribution in [0.3, 0.4) is 0 Å². The Labute approximate surface area is 206 Å². The van der Waals surface area contributed by atoms with E-state index in [1.165, 1.54) is 17.0 Å². The number of rotatable bonds is 2. The summed E-state index contributed by atoms with van der Waals surface area (Å²) in [5.41, 5.74) is 1.52. The summed E-state index contributed by atoms with van der Waals surface area (Å²) in [6.07, 6.45) is -4.59. The van der Waals surface area contributed by atoms with Gasteiger partial charge in [-0.05, 0) is 53.8 Å². The Hall–Kier alpha value is -3.87. The Kier molecular flexibility index (Phi) is 5.36. The Bertz CT molecular complexity index is 1560. The highest BCUT2D eigenvalue weighted by Gasteiger charge is 2.44. The van der Waals surface area contributed by atoms with Crippen molar-refractivity contribution >= 4 is 22.6 Å². The lowest BCUT2D eigenvalue weighted by atomic mass is 9.85. The highest BCUT2D eigenvalue weighted by atomic mass is 19.4. The lowest BCUT2D eigenvalue weighted by Crippen LogP contribution is -2.29. The molecule has 2 heterocycles. The number of alkyl halides is 3. The van der Waals surface area contributed by atoms with Crippen molar-refractivity contribution in [3.8, 4) is 0 Å². The maximum absolute atomic E-state index is 13.7. The molecule has 0 spiro atoms. The fourth-order valence-corrected chi connectivity index (χ4v) is 4.67. The molecule has 7 heteroatoms. The minimum atomic E-state index is -4.59. The van der Waals surface area contributed by atoms with E-state index in [4.69, 9.17) is 4.42 Å². The molecular formula is C29H24F3NO3. The predicted octanol–water partition coefficient (Wildman–Crippen LogP) is 7.17. The number of amides is 1. The first-order chi connectivity index (χ1) is 16.9. The summed E-state index contributed by atoms with van der Waals surface area (Å²) in [7, 11) is 0. The molecule has 0 radical (unpaired) electrons. The molecule has 1 unspecified atom stereocenters. The van der Waals surface area contributed by atoms with E-state index in [2.05, 4.69) is 20.8 Å². The van der Waals surface area contributed by atoms with Crippen LogP contribution in [-0.2, 0) is 11.6 Å². The van der Waals surface area contributed by atoms with E-state index in [1.54, 1.807) is 18.2 Å². The number of aryl methyl sites for hydroxylation is 1. The number of hydrogen-bond acceptors (Lipinski definition) is 3. The average Bonchev–Trinajstić information content (AvgIpc) is 3.11. The first-order valence-electron chi connectivity index (χ1n) is 11.5. The lowest BCUT2D eigenvalue weighted by molar-refractivity contribution is -0.137. The van der Waals surface area contributed by atoms with Crippen LogP contribution >= 0.6 is 0 Å². The quantitative estimate of drug-likeness (QED) is 0.299. The van der Waals surface area contributed by atoms with E-state index in [-0.39, 0.29) is 33.4 Å². The molecule has 0 N–H and O–H groups in total. The number of anilines is 1. The Morgan fingerprint density at radius 3 is 2.19 bits per heavy atom. The van der Waals surface area contributed by atoms with Gasteiger partial charge in [-0.15, -0.1) is 0 Å². The Balaban J connectivity index is 1.77. The van der Waals surface area contributed by atoms with Crippen molar-refractivity contribution in [2.45, 2.75) is 45.3 Å². The molecule has 1 aromatic heterocycles. The van der Waals surface area contributed by atoms with Crippen LogP contribution in [0.25, 0.3) is 11.0 Å². The summed E-state index contributed by atoms with van der Waals surface area (Å²) in [5.74, 6) is -0.813. The summed E-state index contributed by atoms with van der Waals surface area (Å²) in [5, 5.41) is 0.323. The molecule has 1 amide bonds. The van der Waals surface area contributed by atoms with Crippen molar-refractivity contribution in [1.82, 2.24) is 0 Å². The minimum Gasteiger partial charge on any atom is -0.450 e. The summed E-state index contributed by atoms with van der Waals surface area (Å²) in [6, 6.07) is 16.2. The zero-order chi connectivity index (χ0) is 26.0. The average molecular weight is 492 g/mol. The topological polar surface area (TPSA) is 50.5 Å². The molecule has 1 atom stereocenters. The SMILES string of the molecule is Cc1ccc2oc3c(c(=O)c2c1)C(c1ccc(C(C)(C)C)cc1)N(c1cccc(C(F)(F)F)c1)C3=O. The Morgan fingerprint density at radius 2 is 1.56 bits per heavy atom. The van der Waals surface area contributed by atoms with Crippen LogP contribution in [0.1, 0.15) is 65.2 Å². The van der Waals surface area contributed by atoms with E-state index in [9.17, 15) is 22.8 Å². The van der Waals surface area contributed by atoms with Gasteiger partial charge in [0.1, 0.15) is 5.58 Å². The van der Waals surface area contributed by atoms with Gasteiger partial charge < -0.3 is 4.42 Å². The third kappa shape index (κ3) is 3.88. The molecule has 0 bridgehead atoms. The van der Waals surface area contributed by atoms with Crippen LogP contribution in [0, 0.1) is 6.92 Å². The standard InChI is InChI=1S/C29H24F3NO3/c1-16-8-13-22-21(14-16)25(34)23-24(17-9-11-18(12-10-17)28(2,3)4)33(27(35)26(23)36-22)20-7-5-6-19(15-20)29(30,31)32/h5-15,24H,1-4H3. The second-order valence-corrected chi connectivity index (χ2v) is 10.2. The van der Waals surface area contributed by atoms with Crippen LogP contribution in [0.5, 0.6) is 0 Å². The van der Waals surface area contributed by atoms with Crippen LogP contribution < -0.4 is 10.3 Å². The smallest absolute Gasteiger partial charge is 0.416 e. The highest BCUT2D eigenvalue weighted by molar-refractivity contribution is 6.10. The van der Waals surface area contributed by atoms with Crippen LogP contribution in [-0.4, -0.2) is 5.91 Å². The second kappa shape index (κ2) is 8.08. The van der Waals surface area contributed by atoms with E-state index in [1.807, 2.05) is 31.2 Å². The van der Waals surface area contributed by atoms with Crippen molar-refractivity contribution < 1.29 is 22.4 Å². The van der Waals surface area contributed by atoms with Crippen molar-refractivity contribution in [3.63, 3.8) is 0 Å². The van der Waals surface area contributed by atoms with Gasteiger partial charge in [-0.25, -0.2) is 0 Å². The number of nitrogens with zero attached hydrogens (tertiary/aromatic N) is 1. The fraction of sp³-hybridized carbons (Fsp3) is 0.241. The number of carbonyl (C=O) groups excluding carboxylic acids is 1. The van der Waals surface area contributed by atoms with Gasteiger partial charge in [0.15, 0.2) is 5.43 Å². The zero-order valence-electron chi connectivity index (χ0n) is 20.2. The third-order valence-electron chi connectivity index (χ3n) is 6.57. The first-order valence-corrected chi connectivity index (χ1v) is 11.5. The van der Waals surface area contributed by atoms with Gasteiger partial charge in [0.05, 0.1) is 22.6 Å². The van der Waals surface area contributed by atoms with E-state index in [0.29, 0.717) is 10.9 Å². The number of fused-ring (bicyclic) bond motifs is 2. The molecule has 0 saturated carbocycles. The van der Waals surface area contributed by atoms with Gasteiger partial charge in [0.25, 0.3) is 5.91 Å². The molecule has 0 saturated heterocycles. The van der Waals surface area contributed by atoms with Gasteiger partial charge in [0, 0.05) is 5.69 Å². The monoisotopic (exact) mass is 491 g/mol. The first kappa shape index (κ1) is 23.9. The zero-order valence-corrected chi connectivity index (χ0v) is 20.2. The summed E-state index contributed by atoms with van der Waals surface area (Å²) < 4.78 is 46.4. The van der Waals surface area contributed by atoms with Crippen molar-refractivity contribution in [1.29, 1.82) is 0 Å². The van der Waals surface area contributed by atoms with Gasteiger partial charge >= 0.3 is 6.18 Å². The number of hydrogen-bond donors (Lipinski definition) is 0. The predicted molar refractivity (Wildman–Crippen MR) is 132 cm³/mol. The lowest BCUT2D eigenvalue weighted by Gasteiger charge is -2.27. The van der Waals surface area contributed by atoms with Crippen molar-refractivity contribution in [2.75, 3.05) is 4.90 Å². The molecule has 4 aromatic rings. The number of halogens is 3. The van der Waals surface area contributed by atoms with Gasteiger partial charge in [-0.3, -0.25) is 14.5 Å². The molecule has 0 aliphatic carbocycles. The molecule has 3 aromatic carbocycles. The van der Waals surface area contributed by atoms with Crippen LogP contribution in [0.2, 0.25) is 0 Å².